The number of para-hydroxylation sites is 1. The third-order valence-corrected chi connectivity index (χ3v) is 4.87. The fourth-order valence-corrected chi connectivity index (χ4v) is 3.47. The number of hydrogen-bond acceptors (Lipinski definition) is 6. The molecule has 0 saturated heterocycles. The Hall–Kier alpha value is -3.39. The summed E-state index contributed by atoms with van der Waals surface area (Å²) in [5, 5.41) is 15.4. The average Bonchev–Trinajstić information content (AvgIpc) is 3.16. The van der Waals surface area contributed by atoms with Gasteiger partial charge in [-0.3, -0.25) is 14.9 Å². The Kier molecular flexibility index (Phi) is 3.81. The summed E-state index contributed by atoms with van der Waals surface area (Å²) in [7, 11) is 0. The molecule has 4 aromatic rings. The number of thiazole rings is 1. The Labute approximate surface area is 151 Å². The van der Waals surface area contributed by atoms with E-state index in [1.54, 1.807) is 18.2 Å². The van der Waals surface area contributed by atoms with Crippen molar-refractivity contribution in [1.29, 1.82) is 0 Å². The lowest BCUT2D eigenvalue weighted by molar-refractivity contribution is -0.385. The second kappa shape index (κ2) is 6.16. The molecule has 0 aliphatic rings. The first kappa shape index (κ1) is 16.1. The fourth-order valence-electron chi connectivity index (χ4n) is 2.58. The summed E-state index contributed by atoms with van der Waals surface area (Å²) in [5.74, 6) is 0.477. The summed E-state index contributed by atoms with van der Waals surface area (Å²) in [5.41, 5.74) is 1.94. The van der Waals surface area contributed by atoms with E-state index in [2.05, 4.69) is 10.1 Å². The van der Waals surface area contributed by atoms with Crippen molar-refractivity contribution < 1.29 is 4.92 Å². The largest absolute Gasteiger partial charge is 0.291 e. The highest BCUT2D eigenvalue weighted by molar-refractivity contribution is 7.15. The molecule has 0 bridgehead atoms. The van der Waals surface area contributed by atoms with Crippen LogP contribution in [0.2, 0.25) is 0 Å². The van der Waals surface area contributed by atoms with Crippen LogP contribution in [-0.4, -0.2) is 19.5 Å². The van der Waals surface area contributed by atoms with Crippen molar-refractivity contribution in [2.45, 2.75) is 6.92 Å². The molecule has 0 fully saturated rings. The Balaban J connectivity index is 1.83. The Morgan fingerprint density at radius 1 is 1.15 bits per heavy atom. The topological polar surface area (TPSA) is 90.4 Å². The Morgan fingerprint density at radius 3 is 2.58 bits per heavy atom. The van der Waals surface area contributed by atoms with E-state index in [1.165, 1.54) is 16.7 Å². The third kappa shape index (κ3) is 2.76. The van der Waals surface area contributed by atoms with E-state index >= 15 is 0 Å². The zero-order valence-electron chi connectivity index (χ0n) is 13.6. The zero-order valence-corrected chi connectivity index (χ0v) is 14.4. The molecule has 0 aliphatic carbocycles. The van der Waals surface area contributed by atoms with Gasteiger partial charge in [0.2, 0.25) is 4.96 Å². The lowest BCUT2D eigenvalue weighted by Crippen LogP contribution is -2.23. The SMILES string of the molecule is Cc1ccc(-c2nc3sc(=Cc4ccccc4[N+](=O)[O-])c(=O)n3n2)cc1. The van der Waals surface area contributed by atoms with E-state index in [0.29, 0.717) is 20.9 Å². The molecule has 0 saturated carbocycles. The van der Waals surface area contributed by atoms with Gasteiger partial charge in [-0.05, 0) is 19.1 Å². The maximum absolute atomic E-state index is 12.6. The number of nitrogens with zero attached hydrogens (tertiary/aromatic N) is 4. The fraction of sp³-hybridized carbons (Fsp3) is 0.0556. The predicted molar refractivity (Wildman–Crippen MR) is 99.2 cm³/mol. The first-order valence-electron chi connectivity index (χ1n) is 7.75. The number of nitro benzene ring substituents is 1. The maximum Gasteiger partial charge on any atom is 0.291 e. The van der Waals surface area contributed by atoms with Crippen LogP contribution in [0.3, 0.4) is 0 Å². The molecule has 0 aliphatic heterocycles. The molecule has 4 rings (SSSR count). The number of fused-ring (bicyclic) bond motifs is 1. The van der Waals surface area contributed by atoms with Gasteiger partial charge in [-0.2, -0.15) is 9.50 Å². The first-order chi connectivity index (χ1) is 12.5. The molecule has 0 spiro atoms. The van der Waals surface area contributed by atoms with Crippen LogP contribution in [0.15, 0.2) is 53.3 Å². The molecule has 7 nitrogen and oxygen atoms in total. The minimum Gasteiger partial charge on any atom is -0.266 e. The molecule has 8 heteroatoms. The smallest absolute Gasteiger partial charge is 0.266 e. The van der Waals surface area contributed by atoms with Crippen molar-refractivity contribution in [3.63, 3.8) is 0 Å². The van der Waals surface area contributed by atoms with Crippen LogP contribution in [0.25, 0.3) is 22.4 Å². The van der Waals surface area contributed by atoms with Gasteiger partial charge in [0, 0.05) is 11.6 Å². The zero-order chi connectivity index (χ0) is 18.3. The number of hydrogen-bond donors (Lipinski definition) is 0. The lowest BCUT2D eigenvalue weighted by atomic mass is 10.1. The predicted octanol–water partition coefficient (Wildman–Crippen LogP) is 2.58. The van der Waals surface area contributed by atoms with E-state index < -0.39 is 4.92 Å². The molecule has 0 radical (unpaired) electrons. The van der Waals surface area contributed by atoms with Crippen LogP contribution in [0.1, 0.15) is 11.1 Å². The number of nitro groups is 1. The van der Waals surface area contributed by atoms with E-state index in [9.17, 15) is 14.9 Å². The molecule has 2 aromatic heterocycles. The van der Waals surface area contributed by atoms with Crippen LogP contribution in [0, 0.1) is 17.0 Å². The molecule has 0 unspecified atom stereocenters. The minimum absolute atomic E-state index is 0.0498. The van der Waals surface area contributed by atoms with Crippen LogP contribution in [-0.2, 0) is 0 Å². The van der Waals surface area contributed by atoms with Crippen molar-refractivity contribution in [1.82, 2.24) is 14.6 Å². The molecular weight excluding hydrogens is 352 g/mol. The van der Waals surface area contributed by atoms with Gasteiger partial charge < -0.3 is 0 Å². The summed E-state index contributed by atoms with van der Waals surface area (Å²) in [4.78, 5) is 28.1. The van der Waals surface area contributed by atoms with Crippen LogP contribution < -0.4 is 10.1 Å². The lowest BCUT2D eigenvalue weighted by Gasteiger charge is -1.95. The second-order valence-electron chi connectivity index (χ2n) is 5.73. The highest BCUT2D eigenvalue weighted by atomic mass is 32.1. The third-order valence-electron chi connectivity index (χ3n) is 3.91. The van der Waals surface area contributed by atoms with Crippen LogP contribution >= 0.6 is 11.3 Å². The highest BCUT2D eigenvalue weighted by Crippen LogP contribution is 2.19. The Morgan fingerprint density at radius 2 is 1.88 bits per heavy atom. The summed E-state index contributed by atoms with van der Waals surface area (Å²) in [6, 6.07) is 14.0. The van der Waals surface area contributed by atoms with Gasteiger partial charge in [0.05, 0.1) is 15.0 Å². The van der Waals surface area contributed by atoms with Gasteiger partial charge in [-0.1, -0.05) is 53.3 Å². The van der Waals surface area contributed by atoms with Crippen molar-refractivity contribution in [2.75, 3.05) is 0 Å². The number of benzene rings is 2. The summed E-state index contributed by atoms with van der Waals surface area (Å²) in [6.45, 7) is 1.99. The number of aromatic nitrogens is 3. The van der Waals surface area contributed by atoms with Gasteiger partial charge in [-0.25, -0.2) is 0 Å². The van der Waals surface area contributed by atoms with E-state index in [1.807, 2.05) is 31.2 Å². The van der Waals surface area contributed by atoms with Gasteiger partial charge >= 0.3 is 0 Å². The number of rotatable bonds is 3. The average molecular weight is 364 g/mol. The van der Waals surface area contributed by atoms with Gasteiger partial charge in [-0.15, -0.1) is 5.10 Å². The molecular formula is C18H12N4O3S. The van der Waals surface area contributed by atoms with Gasteiger partial charge in [0.25, 0.3) is 11.2 Å². The summed E-state index contributed by atoms with van der Waals surface area (Å²) in [6.07, 6.45) is 1.51. The van der Waals surface area contributed by atoms with Crippen molar-refractivity contribution >= 4 is 28.1 Å². The molecule has 2 heterocycles. The molecule has 0 N–H and O–H groups in total. The number of aryl methyl sites for hydroxylation is 1. The maximum atomic E-state index is 12.6. The molecule has 128 valence electrons. The molecule has 0 amide bonds. The summed E-state index contributed by atoms with van der Waals surface area (Å²) >= 11 is 1.16. The van der Waals surface area contributed by atoms with Crippen LogP contribution in [0.5, 0.6) is 0 Å². The van der Waals surface area contributed by atoms with E-state index in [0.717, 1.165) is 22.5 Å². The Bertz CT molecular complexity index is 1240. The van der Waals surface area contributed by atoms with E-state index in [-0.39, 0.29) is 11.2 Å². The van der Waals surface area contributed by atoms with Crippen LogP contribution in [0.4, 0.5) is 5.69 Å². The minimum atomic E-state index is -0.469. The van der Waals surface area contributed by atoms with Gasteiger partial charge in [0.15, 0.2) is 5.82 Å². The summed E-state index contributed by atoms with van der Waals surface area (Å²) < 4.78 is 1.59. The molecule has 2 aromatic carbocycles. The van der Waals surface area contributed by atoms with Crippen molar-refractivity contribution in [3.05, 3.63) is 84.7 Å². The van der Waals surface area contributed by atoms with Gasteiger partial charge in [0.1, 0.15) is 0 Å². The second-order valence-corrected chi connectivity index (χ2v) is 6.74. The van der Waals surface area contributed by atoms with E-state index in [4.69, 9.17) is 0 Å². The standard InChI is InChI=1S/C18H12N4O3S/c1-11-6-8-12(9-7-11)16-19-18-21(20-16)17(23)15(26-18)10-13-4-2-3-5-14(13)22(24)25/h2-10H,1H3. The van der Waals surface area contributed by atoms with Crippen molar-refractivity contribution in [2.24, 2.45) is 0 Å². The quantitative estimate of drug-likeness (QED) is 0.412. The van der Waals surface area contributed by atoms with Crippen molar-refractivity contribution in [3.8, 4) is 11.4 Å². The first-order valence-corrected chi connectivity index (χ1v) is 8.56. The molecule has 26 heavy (non-hydrogen) atoms. The monoisotopic (exact) mass is 364 g/mol. The normalized spacial score (nSPS) is 12.0. The molecule has 0 atom stereocenters. The highest BCUT2D eigenvalue weighted by Gasteiger charge is 2.14.